The molecule has 0 aromatic heterocycles. The highest BCUT2D eigenvalue weighted by Gasteiger charge is 2.27. The zero-order valence-corrected chi connectivity index (χ0v) is 9.86. The van der Waals surface area contributed by atoms with Crippen LogP contribution in [0.15, 0.2) is 24.3 Å². The first-order valence-corrected chi connectivity index (χ1v) is 6.00. The van der Waals surface area contributed by atoms with Crippen LogP contribution in [0.2, 0.25) is 0 Å². The van der Waals surface area contributed by atoms with Gasteiger partial charge in [0.05, 0.1) is 5.75 Å². The number of allylic oxidation sites excluding steroid dienone is 2. The predicted octanol–water partition coefficient (Wildman–Crippen LogP) is 3.65. The normalized spacial score (nSPS) is 24.9. The van der Waals surface area contributed by atoms with Crippen molar-refractivity contribution in [2.45, 2.75) is 31.9 Å². The zero-order chi connectivity index (χ0) is 10.6. The standard InChI is InChI=1S/C13H18S/c1-5-7-14-12-8-11(6-2)9-13(3,4)10-12/h1,6,8,12H,2,7,9-10H2,3-4H3. The van der Waals surface area contributed by atoms with E-state index in [2.05, 4.69) is 32.4 Å². The van der Waals surface area contributed by atoms with Crippen LogP contribution in [0, 0.1) is 17.8 Å². The van der Waals surface area contributed by atoms with Crippen molar-refractivity contribution in [3.63, 3.8) is 0 Å². The highest BCUT2D eigenvalue weighted by Crippen LogP contribution is 2.39. The number of rotatable bonds is 3. The van der Waals surface area contributed by atoms with Crippen LogP contribution >= 0.6 is 11.8 Å². The Morgan fingerprint density at radius 2 is 2.50 bits per heavy atom. The second-order valence-corrected chi connectivity index (χ2v) is 5.77. The summed E-state index contributed by atoms with van der Waals surface area (Å²) in [5.41, 5.74) is 1.76. The molecule has 0 heterocycles. The van der Waals surface area contributed by atoms with E-state index in [0.29, 0.717) is 10.7 Å². The third-order valence-corrected chi connectivity index (χ3v) is 3.54. The monoisotopic (exact) mass is 206 g/mol. The summed E-state index contributed by atoms with van der Waals surface area (Å²) in [6, 6.07) is 0. The van der Waals surface area contributed by atoms with Gasteiger partial charge in [-0.15, -0.1) is 18.2 Å². The van der Waals surface area contributed by atoms with Crippen molar-refractivity contribution in [1.29, 1.82) is 0 Å². The van der Waals surface area contributed by atoms with E-state index < -0.39 is 0 Å². The van der Waals surface area contributed by atoms with Gasteiger partial charge in [-0.05, 0) is 18.3 Å². The Balaban J connectivity index is 2.68. The van der Waals surface area contributed by atoms with Gasteiger partial charge in [0.1, 0.15) is 0 Å². The van der Waals surface area contributed by atoms with Gasteiger partial charge in [0.2, 0.25) is 0 Å². The lowest BCUT2D eigenvalue weighted by molar-refractivity contribution is 0.328. The molecule has 0 fully saturated rings. The molecule has 1 aliphatic rings. The molecule has 0 bridgehead atoms. The zero-order valence-electron chi connectivity index (χ0n) is 9.05. The number of hydrogen-bond acceptors (Lipinski definition) is 1. The van der Waals surface area contributed by atoms with Crippen molar-refractivity contribution in [3.8, 4) is 12.3 Å². The lowest BCUT2D eigenvalue weighted by Gasteiger charge is -2.33. The molecule has 1 heteroatoms. The highest BCUT2D eigenvalue weighted by molar-refractivity contribution is 8.00. The first kappa shape index (κ1) is 11.5. The van der Waals surface area contributed by atoms with E-state index in [1.165, 1.54) is 12.0 Å². The van der Waals surface area contributed by atoms with Gasteiger partial charge < -0.3 is 0 Å². The maximum Gasteiger partial charge on any atom is 0.0550 e. The molecule has 1 unspecified atom stereocenters. The fourth-order valence-electron chi connectivity index (χ4n) is 1.93. The average Bonchev–Trinajstić information content (AvgIpc) is 2.12. The van der Waals surface area contributed by atoms with E-state index in [-0.39, 0.29) is 0 Å². The summed E-state index contributed by atoms with van der Waals surface area (Å²) < 4.78 is 0. The molecule has 0 amide bonds. The Morgan fingerprint density at radius 3 is 3.07 bits per heavy atom. The molecule has 0 N–H and O–H groups in total. The Hall–Kier alpha value is -0.610. The maximum absolute atomic E-state index is 5.27. The summed E-state index contributed by atoms with van der Waals surface area (Å²) in [5.74, 6) is 3.49. The Kier molecular flexibility index (Phi) is 3.89. The fourth-order valence-corrected chi connectivity index (χ4v) is 3.08. The second kappa shape index (κ2) is 4.75. The minimum Gasteiger partial charge on any atom is -0.141 e. The molecule has 14 heavy (non-hydrogen) atoms. The van der Waals surface area contributed by atoms with E-state index in [4.69, 9.17) is 6.42 Å². The molecule has 1 aliphatic carbocycles. The van der Waals surface area contributed by atoms with Gasteiger partial charge in [0, 0.05) is 5.25 Å². The third kappa shape index (κ3) is 3.27. The van der Waals surface area contributed by atoms with Crippen molar-refractivity contribution in [3.05, 3.63) is 24.3 Å². The van der Waals surface area contributed by atoms with Crippen molar-refractivity contribution in [2.24, 2.45) is 5.41 Å². The van der Waals surface area contributed by atoms with Crippen LogP contribution in [0.4, 0.5) is 0 Å². The SMILES string of the molecule is C#CCSC1C=C(C=C)CC(C)(C)C1. The summed E-state index contributed by atoms with van der Waals surface area (Å²) in [6.07, 6.45) is 11.9. The quantitative estimate of drug-likeness (QED) is 0.635. The van der Waals surface area contributed by atoms with E-state index in [1.54, 1.807) is 0 Å². The van der Waals surface area contributed by atoms with Gasteiger partial charge in [-0.2, -0.15) is 0 Å². The average molecular weight is 206 g/mol. The van der Waals surface area contributed by atoms with Crippen LogP contribution in [-0.2, 0) is 0 Å². The minimum atomic E-state index is 0.393. The summed E-state index contributed by atoms with van der Waals surface area (Å²) >= 11 is 1.86. The van der Waals surface area contributed by atoms with Crippen LogP contribution in [0.1, 0.15) is 26.7 Å². The molecular formula is C13H18S. The third-order valence-electron chi connectivity index (χ3n) is 2.48. The first-order chi connectivity index (χ1) is 6.57. The molecule has 0 nitrogen and oxygen atoms in total. The lowest BCUT2D eigenvalue weighted by Crippen LogP contribution is -2.23. The van der Waals surface area contributed by atoms with E-state index >= 15 is 0 Å². The molecule has 76 valence electrons. The first-order valence-electron chi connectivity index (χ1n) is 4.95. The van der Waals surface area contributed by atoms with E-state index in [1.807, 2.05) is 17.8 Å². The van der Waals surface area contributed by atoms with Crippen LogP contribution in [0.5, 0.6) is 0 Å². The highest BCUT2D eigenvalue weighted by atomic mass is 32.2. The Morgan fingerprint density at radius 1 is 1.79 bits per heavy atom. The molecule has 0 aromatic rings. The van der Waals surface area contributed by atoms with Crippen LogP contribution < -0.4 is 0 Å². The molecule has 0 spiro atoms. The van der Waals surface area contributed by atoms with Gasteiger partial charge >= 0.3 is 0 Å². The van der Waals surface area contributed by atoms with E-state index in [9.17, 15) is 0 Å². The number of hydrogen-bond donors (Lipinski definition) is 0. The summed E-state index contributed by atoms with van der Waals surface area (Å²) in [7, 11) is 0. The molecule has 0 saturated carbocycles. The van der Waals surface area contributed by atoms with Crippen molar-refractivity contribution < 1.29 is 0 Å². The van der Waals surface area contributed by atoms with Crippen LogP contribution in [-0.4, -0.2) is 11.0 Å². The number of terminal acetylenes is 1. The van der Waals surface area contributed by atoms with Gasteiger partial charge in [-0.25, -0.2) is 0 Å². The Labute approximate surface area is 91.9 Å². The molecule has 0 saturated heterocycles. The van der Waals surface area contributed by atoms with E-state index in [0.717, 1.165) is 12.2 Å². The summed E-state index contributed by atoms with van der Waals surface area (Å²) in [5, 5.41) is 0.572. The number of thioether (sulfide) groups is 1. The van der Waals surface area contributed by atoms with Crippen molar-refractivity contribution in [1.82, 2.24) is 0 Å². The molecule has 0 radical (unpaired) electrons. The molecule has 1 atom stereocenters. The van der Waals surface area contributed by atoms with Crippen LogP contribution in [0.25, 0.3) is 0 Å². The van der Waals surface area contributed by atoms with Crippen molar-refractivity contribution in [2.75, 3.05) is 5.75 Å². The molecule has 0 aliphatic heterocycles. The molecular weight excluding hydrogens is 188 g/mol. The van der Waals surface area contributed by atoms with Crippen LogP contribution in [0.3, 0.4) is 0 Å². The smallest absolute Gasteiger partial charge is 0.0550 e. The second-order valence-electron chi connectivity index (χ2n) is 4.54. The topological polar surface area (TPSA) is 0 Å². The van der Waals surface area contributed by atoms with Crippen molar-refractivity contribution >= 4 is 11.8 Å². The summed E-state index contributed by atoms with van der Waals surface area (Å²) in [6.45, 7) is 8.47. The lowest BCUT2D eigenvalue weighted by atomic mass is 9.77. The molecule has 0 aromatic carbocycles. The Bertz CT molecular complexity index is 278. The fraction of sp³-hybridized carbons (Fsp3) is 0.538. The predicted molar refractivity (Wildman–Crippen MR) is 66.4 cm³/mol. The maximum atomic E-state index is 5.27. The minimum absolute atomic E-state index is 0.393. The summed E-state index contributed by atoms with van der Waals surface area (Å²) in [4.78, 5) is 0. The van der Waals surface area contributed by atoms with Gasteiger partial charge in [0.15, 0.2) is 0 Å². The molecule has 1 rings (SSSR count). The van der Waals surface area contributed by atoms with Gasteiger partial charge in [-0.3, -0.25) is 0 Å². The van der Waals surface area contributed by atoms with Gasteiger partial charge in [-0.1, -0.05) is 44.1 Å². The van der Waals surface area contributed by atoms with Gasteiger partial charge in [0.25, 0.3) is 0 Å². The largest absolute Gasteiger partial charge is 0.141 e.